The molecule has 1 fully saturated rings. The van der Waals surface area contributed by atoms with Crippen molar-refractivity contribution in [1.82, 2.24) is 9.80 Å². The second-order valence-electron chi connectivity index (χ2n) is 8.25. The number of hydrogen-bond donors (Lipinski definition) is 0. The normalized spacial score (nSPS) is 14.8. The Balaban J connectivity index is 0.00000225. The van der Waals surface area contributed by atoms with Crippen LogP contribution in [0.15, 0.2) is 48.5 Å². The summed E-state index contributed by atoms with van der Waals surface area (Å²) in [6.07, 6.45) is 3.57. The summed E-state index contributed by atoms with van der Waals surface area (Å²) in [5.74, 6) is 1.51. The minimum atomic E-state index is 0. The molecule has 3 rings (SSSR count). The van der Waals surface area contributed by atoms with Crippen LogP contribution in [0.25, 0.3) is 0 Å². The summed E-state index contributed by atoms with van der Waals surface area (Å²) in [6.45, 7) is 11.6. The zero-order chi connectivity index (χ0) is 19.8. The zero-order valence-electron chi connectivity index (χ0n) is 18.7. The van der Waals surface area contributed by atoms with E-state index < -0.39 is 0 Å². The maximum absolute atomic E-state index is 5.51. The summed E-state index contributed by atoms with van der Waals surface area (Å²) in [7, 11) is 1.76. The first kappa shape index (κ1) is 26.8. The number of halogens is 2. The van der Waals surface area contributed by atoms with Crippen molar-refractivity contribution in [3.8, 4) is 5.75 Å². The second kappa shape index (κ2) is 13.9. The van der Waals surface area contributed by atoms with Crippen LogP contribution in [-0.4, -0.2) is 56.2 Å². The molecule has 2 aromatic carbocycles. The number of nitrogens with zero attached hydrogens (tertiary/aromatic N) is 2. The molecule has 30 heavy (non-hydrogen) atoms. The smallest absolute Gasteiger partial charge is 0.122 e. The molecule has 168 valence electrons. The Kier molecular flexibility index (Phi) is 12.4. The van der Waals surface area contributed by atoms with Gasteiger partial charge in [-0.1, -0.05) is 56.3 Å². The van der Waals surface area contributed by atoms with Gasteiger partial charge in [0, 0.05) is 32.7 Å². The number of methoxy groups -OCH3 is 1. The van der Waals surface area contributed by atoms with Crippen LogP contribution < -0.4 is 4.74 Å². The van der Waals surface area contributed by atoms with Crippen LogP contribution in [0.1, 0.15) is 42.9 Å². The highest BCUT2D eigenvalue weighted by Crippen LogP contribution is 2.27. The first-order chi connectivity index (χ1) is 13.7. The van der Waals surface area contributed by atoms with Gasteiger partial charge in [0.25, 0.3) is 0 Å². The Hall–Kier alpha value is -1.26. The fourth-order valence-electron chi connectivity index (χ4n) is 4.07. The van der Waals surface area contributed by atoms with Gasteiger partial charge in [0.2, 0.25) is 0 Å². The number of aryl methyl sites for hydroxylation is 1. The molecule has 0 atom stereocenters. The van der Waals surface area contributed by atoms with E-state index in [1.807, 2.05) is 0 Å². The number of ether oxygens (including phenoxy) is 1. The van der Waals surface area contributed by atoms with Crippen molar-refractivity contribution in [3.05, 3.63) is 65.2 Å². The number of piperazine rings is 1. The molecule has 5 heteroatoms. The van der Waals surface area contributed by atoms with E-state index in [0.29, 0.717) is 5.92 Å². The van der Waals surface area contributed by atoms with Crippen molar-refractivity contribution in [2.24, 2.45) is 0 Å². The van der Waals surface area contributed by atoms with Gasteiger partial charge in [0.15, 0.2) is 0 Å². The number of rotatable bonds is 9. The predicted molar refractivity (Wildman–Crippen MR) is 133 cm³/mol. The third-order valence-electron chi connectivity index (χ3n) is 5.88. The monoisotopic (exact) mass is 452 g/mol. The third kappa shape index (κ3) is 8.11. The SMILES string of the molecule is COc1ccc(CCN2CCN(CCCc3ccccc3)CC2)cc1C(C)C.Cl.Cl. The van der Waals surface area contributed by atoms with Crippen molar-refractivity contribution >= 4 is 24.8 Å². The number of benzene rings is 2. The molecule has 0 spiro atoms. The van der Waals surface area contributed by atoms with Crippen LogP contribution in [0.2, 0.25) is 0 Å². The maximum atomic E-state index is 5.51. The molecule has 0 aromatic heterocycles. The average Bonchev–Trinajstić information content (AvgIpc) is 2.73. The van der Waals surface area contributed by atoms with Crippen LogP contribution in [0.5, 0.6) is 5.75 Å². The van der Waals surface area contributed by atoms with E-state index in [0.717, 1.165) is 18.7 Å². The molecule has 1 heterocycles. The second-order valence-corrected chi connectivity index (χ2v) is 8.25. The highest BCUT2D eigenvalue weighted by Gasteiger charge is 2.16. The van der Waals surface area contributed by atoms with Gasteiger partial charge in [0.1, 0.15) is 5.75 Å². The van der Waals surface area contributed by atoms with E-state index in [-0.39, 0.29) is 24.8 Å². The summed E-state index contributed by atoms with van der Waals surface area (Å²) in [4.78, 5) is 5.25. The van der Waals surface area contributed by atoms with Gasteiger partial charge in [-0.15, -0.1) is 24.8 Å². The minimum Gasteiger partial charge on any atom is -0.496 e. The van der Waals surface area contributed by atoms with Crippen LogP contribution >= 0.6 is 24.8 Å². The average molecular weight is 453 g/mol. The molecule has 1 aliphatic heterocycles. The van der Waals surface area contributed by atoms with Gasteiger partial charge >= 0.3 is 0 Å². The zero-order valence-corrected chi connectivity index (χ0v) is 20.3. The lowest BCUT2D eigenvalue weighted by atomic mass is 9.98. The molecular weight excluding hydrogens is 415 g/mol. The van der Waals surface area contributed by atoms with E-state index in [2.05, 4.69) is 72.2 Å². The van der Waals surface area contributed by atoms with E-state index in [9.17, 15) is 0 Å². The lowest BCUT2D eigenvalue weighted by Gasteiger charge is -2.34. The van der Waals surface area contributed by atoms with Gasteiger partial charge in [-0.05, 0) is 54.5 Å². The summed E-state index contributed by atoms with van der Waals surface area (Å²) in [5.41, 5.74) is 4.21. The summed E-state index contributed by atoms with van der Waals surface area (Å²) in [6, 6.07) is 17.5. The first-order valence-corrected chi connectivity index (χ1v) is 10.8. The van der Waals surface area contributed by atoms with Crippen LogP contribution in [0, 0.1) is 0 Å². The highest BCUT2D eigenvalue weighted by atomic mass is 35.5. The van der Waals surface area contributed by atoms with Gasteiger partial charge in [-0.3, -0.25) is 0 Å². The van der Waals surface area contributed by atoms with Crippen LogP contribution in [0.4, 0.5) is 0 Å². The molecule has 0 radical (unpaired) electrons. The van der Waals surface area contributed by atoms with Gasteiger partial charge in [-0.25, -0.2) is 0 Å². The van der Waals surface area contributed by atoms with Gasteiger partial charge in [-0.2, -0.15) is 0 Å². The molecule has 3 nitrogen and oxygen atoms in total. The quantitative estimate of drug-likeness (QED) is 0.502. The number of hydrogen-bond acceptors (Lipinski definition) is 3. The fourth-order valence-corrected chi connectivity index (χ4v) is 4.07. The van der Waals surface area contributed by atoms with Crippen molar-refractivity contribution in [2.45, 2.75) is 39.0 Å². The predicted octanol–water partition coefficient (Wildman–Crippen LogP) is 5.46. The molecule has 0 saturated carbocycles. The molecular formula is C25H38Cl2N2O. The topological polar surface area (TPSA) is 15.7 Å². The lowest BCUT2D eigenvalue weighted by Crippen LogP contribution is -2.47. The molecule has 0 bridgehead atoms. The molecule has 0 unspecified atom stereocenters. The Bertz CT molecular complexity index is 716. The third-order valence-corrected chi connectivity index (χ3v) is 5.88. The van der Waals surface area contributed by atoms with Crippen molar-refractivity contribution in [1.29, 1.82) is 0 Å². The highest BCUT2D eigenvalue weighted by molar-refractivity contribution is 5.85. The first-order valence-electron chi connectivity index (χ1n) is 10.8. The Labute approximate surface area is 195 Å². The molecule has 0 amide bonds. The molecule has 2 aromatic rings. The van der Waals surface area contributed by atoms with E-state index >= 15 is 0 Å². The van der Waals surface area contributed by atoms with Crippen molar-refractivity contribution < 1.29 is 4.74 Å². The summed E-state index contributed by atoms with van der Waals surface area (Å²) in [5, 5.41) is 0. The minimum absolute atomic E-state index is 0. The van der Waals surface area contributed by atoms with Gasteiger partial charge < -0.3 is 14.5 Å². The van der Waals surface area contributed by atoms with Crippen molar-refractivity contribution in [3.63, 3.8) is 0 Å². The standard InChI is InChI=1S/C25H36N2O.2ClH/c1-21(2)24-20-23(11-12-25(24)28-3)13-15-27-18-16-26(17-19-27)14-7-10-22-8-5-4-6-9-22;;/h4-6,8-9,11-12,20-21H,7,10,13-19H2,1-3H3;2*1H. The molecule has 0 N–H and O–H groups in total. The van der Waals surface area contributed by atoms with Crippen LogP contribution in [0.3, 0.4) is 0 Å². The van der Waals surface area contributed by atoms with E-state index in [1.165, 1.54) is 62.3 Å². The summed E-state index contributed by atoms with van der Waals surface area (Å²) >= 11 is 0. The van der Waals surface area contributed by atoms with Crippen LogP contribution in [-0.2, 0) is 12.8 Å². The Morgan fingerprint density at radius 2 is 1.43 bits per heavy atom. The summed E-state index contributed by atoms with van der Waals surface area (Å²) < 4.78 is 5.51. The van der Waals surface area contributed by atoms with E-state index in [4.69, 9.17) is 4.74 Å². The molecule has 1 aliphatic rings. The maximum Gasteiger partial charge on any atom is 0.122 e. The van der Waals surface area contributed by atoms with Gasteiger partial charge in [0.05, 0.1) is 7.11 Å². The molecule has 0 aliphatic carbocycles. The lowest BCUT2D eigenvalue weighted by molar-refractivity contribution is 0.132. The van der Waals surface area contributed by atoms with Crippen molar-refractivity contribution in [2.75, 3.05) is 46.4 Å². The molecule has 1 saturated heterocycles. The fraction of sp³-hybridized carbons (Fsp3) is 0.520. The Morgan fingerprint density at radius 1 is 0.800 bits per heavy atom. The van der Waals surface area contributed by atoms with E-state index in [1.54, 1.807) is 7.11 Å². The Morgan fingerprint density at radius 3 is 2.03 bits per heavy atom. The largest absolute Gasteiger partial charge is 0.496 e.